The standard InChI is InChI=1S/C84H157NO5/c1-3-5-7-9-11-13-15-17-19-20-21-22-36-39-42-45-49-52-56-60-64-68-72-76-82(87)81(80-86)85-83(88)77-73-69-65-61-57-53-50-46-43-40-37-34-32-30-28-26-24-23-25-27-29-31-33-35-38-41-44-47-51-55-59-63-67-71-75-79-90-84(89)78-74-70-66-62-58-54-48-18-16-14-12-10-8-6-4-2/h12,14,18,25,27,31,33,48,72,76,81-82,86-87H,3-11,13,15-17,19-24,26,28-30,32,34-47,49-71,73-75,77-80H2,1-2H3,(H,85,88)/b14-12-,27-25-,33-31-,48-18-,76-72+. The number of ether oxygens (including phenoxy) is 1. The summed E-state index contributed by atoms with van der Waals surface area (Å²) in [5, 5.41) is 23.3. The number of allylic oxidation sites excluding steroid dienone is 9. The van der Waals surface area contributed by atoms with Crippen LogP contribution in [-0.2, 0) is 14.3 Å². The smallest absolute Gasteiger partial charge is 0.305 e. The molecule has 2 unspecified atom stereocenters. The summed E-state index contributed by atoms with van der Waals surface area (Å²) in [4.78, 5) is 24.6. The lowest BCUT2D eigenvalue weighted by Gasteiger charge is -2.20. The lowest BCUT2D eigenvalue weighted by Crippen LogP contribution is -2.45. The number of esters is 1. The molecule has 0 saturated heterocycles. The van der Waals surface area contributed by atoms with Crippen LogP contribution in [0.2, 0.25) is 0 Å². The number of hydrogen-bond donors (Lipinski definition) is 3. The normalized spacial score (nSPS) is 12.8. The minimum absolute atomic E-state index is 0.00272. The van der Waals surface area contributed by atoms with Crippen LogP contribution in [0.1, 0.15) is 438 Å². The van der Waals surface area contributed by atoms with Gasteiger partial charge in [0.2, 0.25) is 5.91 Å². The van der Waals surface area contributed by atoms with Crippen molar-refractivity contribution in [3.63, 3.8) is 0 Å². The van der Waals surface area contributed by atoms with Gasteiger partial charge in [0.15, 0.2) is 0 Å². The lowest BCUT2D eigenvalue weighted by atomic mass is 10.0. The van der Waals surface area contributed by atoms with Crippen LogP contribution in [-0.4, -0.2) is 47.4 Å². The third kappa shape index (κ3) is 74.6. The Balaban J connectivity index is 3.40. The minimum Gasteiger partial charge on any atom is -0.466 e. The maximum Gasteiger partial charge on any atom is 0.305 e. The summed E-state index contributed by atoms with van der Waals surface area (Å²) >= 11 is 0. The van der Waals surface area contributed by atoms with E-state index in [9.17, 15) is 19.8 Å². The first-order valence-corrected chi connectivity index (χ1v) is 40.6. The van der Waals surface area contributed by atoms with E-state index in [1.165, 1.54) is 353 Å². The average Bonchev–Trinajstić information content (AvgIpc) is 3.68. The number of carbonyl (C=O) groups is 2. The molecule has 0 aliphatic heterocycles. The van der Waals surface area contributed by atoms with Crippen molar-refractivity contribution in [3.05, 3.63) is 60.8 Å². The first-order chi connectivity index (χ1) is 44.5. The molecule has 0 aromatic heterocycles. The molecule has 0 radical (unpaired) electrons. The van der Waals surface area contributed by atoms with Crippen molar-refractivity contribution >= 4 is 11.9 Å². The Morgan fingerprint density at radius 3 is 0.867 bits per heavy atom. The summed E-state index contributed by atoms with van der Waals surface area (Å²) in [6, 6.07) is -0.628. The molecule has 0 fully saturated rings. The van der Waals surface area contributed by atoms with Gasteiger partial charge in [-0.3, -0.25) is 9.59 Å². The highest BCUT2D eigenvalue weighted by Crippen LogP contribution is 2.19. The van der Waals surface area contributed by atoms with Gasteiger partial charge in [0.25, 0.3) is 0 Å². The first kappa shape index (κ1) is 87.6. The number of aliphatic hydroxyl groups excluding tert-OH is 2. The maximum absolute atomic E-state index is 12.6. The second-order valence-corrected chi connectivity index (χ2v) is 27.7. The summed E-state index contributed by atoms with van der Waals surface area (Å²) in [5.74, 6) is -0.0587. The van der Waals surface area contributed by atoms with Crippen LogP contribution in [0.15, 0.2) is 60.8 Å². The molecule has 528 valence electrons. The van der Waals surface area contributed by atoms with Gasteiger partial charge in [-0.2, -0.15) is 0 Å². The first-order valence-electron chi connectivity index (χ1n) is 40.6. The highest BCUT2D eigenvalue weighted by atomic mass is 16.5. The number of hydrogen-bond acceptors (Lipinski definition) is 5. The van der Waals surface area contributed by atoms with Gasteiger partial charge in [0.05, 0.1) is 25.4 Å². The zero-order valence-electron chi connectivity index (χ0n) is 60.6. The molecule has 0 bridgehead atoms. The van der Waals surface area contributed by atoms with Crippen LogP contribution < -0.4 is 5.32 Å². The molecule has 0 saturated carbocycles. The summed E-state index contributed by atoms with van der Waals surface area (Å²) in [7, 11) is 0. The Hall–Kier alpha value is -2.44. The van der Waals surface area contributed by atoms with Crippen LogP contribution in [0.3, 0.4) is 0 Å². The van der Waals surface area contributed by atoms with Crippen LogP contribution in [0.4, 0.5) is 0 Å². The number of carbonyl (C=O) groups excluding carboxylic acids is 2. The molecule has 1 amide bonds. The lowest BCUT2D eigenvalue weighted by molar-refractivity contribution is -0.143. The Bertz CT molecular complexity index is 1550. The Labute approximate surface area is 562 Å². The summed E-state index contributed by atoms with van der Waals surface area (Å²) in [5.41, 5.74) is 0. The molecule has 0 aromatic rings. The second kappa shape index (κ2) is 79.0. The van der Waals surface area contributed by atoms with E-state index in [1.807, 2.05) is 6.08 Å². The molecule has 0 heterocycles. The number of nitrogens with one attached hydrogen (secondary N) is 1. The van der Waals surface area contributed by atoms with Gasteiger partial charge in [-0.1, -0.05) is 389 Å². The number of unbranched alkanes of at least 4 members (excludes halogenated alkanes) is 57. The quantitative estimate of drug-likeness (QED) is 0.0320. The van der Waals surface area contributed by atoms with Gasteiger partial charge in [-0.25, -0.2) is 0 Å². The summed E-state index contributed by atoms with van der Waals surface area (Å²) in [6.07, 6.45) is 106. The van der Waals surface area contributed by atoms with E-state index in [2.05, 4.69) is 67.8 Å². The Morgan fingerprint density at radius 1 is 0.311 bits per heavy atom. The fraction of sp³-hybridized carbons (Fsp3) is 0.857. The summed E-state index contributed by atoms with van der Waals surface area (Å²) < 4.78 is 5.49. The molecular formula is C84H157NO5. The van der Waals surface area contributed by atoms with Gasteiger partial charge in [-0.15, -0.1) is 0 Å². The molecule has 6 heteroatoms. The van der Waals surface area contributed by atoms with E-state index >= 15 is 0 Å². The van der Waals surface area contributed by atoms with Crippen molar-refractivity contribution in [2.75, 3.05) is 13.2 Å². The number of aliphatic hydroxyl groups is 2. The molecular weight excluding hydrogens is 1100 g/mol. The molecule has 2 atom stereocenters. The van der Waals surface area contributed by atoms with Gasteiger partial charge >= 0.3 is 5.97 Å². The van der Waals surface area contributed by atoms with Gasteiger partial charge < -0.3 is 20.3 Å². The number of amides is 1. The van der Waals surface area contributed by atoms with Crippen molar-refractivity contribution in [1.82, 2.24) is 5.32 Å². The third-order valence-corrected chi connectivity index (χ3v) is 18.8. The van der Waals surface area contributed by atoms with Crippen LogP contribution in [0.25, 0.3) is 0 Å². The second-order valence-electron chi connectivity index (χ2n) is 27.7. The molecule has 3 N–H and O–H groups in total. The Morgan fingerprint density at radius 2 is 0.556 bits per heavy atom. The predicted molar refractivity (Wildman–Crippen MR) is 398 cm³/mol. The van der Waals surface area contributed by atoms with Crippen LogP contribution >= 0.6 is 0 Å². The zero-order chi connectivity index (χ0) is 64.9. The minimum atomic E-state index is -0.845. The maximum atomic E-state index is 12.6. The Kier molecular flexibility index (Phi) is 76.9. The molecule has 0 aliphatic rings. The van der Waals surface area contributed by atoms with E-state index in [-0.39, 0.29) is 18.5 Å². The van der Waals surface area contributed by atoms with Crippen molar-refractivity contribution in [3.8, 4) is 0 Å². The van der Waals surface area contributed by atoms with E-state index in [0.717, 1.165) is 57.8 Å². The van der Waals surface area contributed by atoms with Crippen molar-refractivity contribution < 1.29 is 24.5 Å². The van der Waals surface area contributed by atoms with E-state index < -0.39 is 12.1 Å². The third-order valence-electron chi connectivity index (χ3n) is 18.8. The largest absolute Gasteiger partial charge is 0.466 e. The molecule has 0 aromatic carbocycles. The molecule has 0 aliphatic carbocycles. The molecule has 0 spiro atoms. The SMILES string of the molecule is CCCCC/C=C\C/C=C\CCCCCCCC(=O)OCCCCCCCCCCCCC/C=C\C/C=C\CCCCCCCCCCCCCCCCCCCC(=O)NC(CO)C(O)/C=C/CCCCCCCCCCCCCCCCCCCCCCC. The van der Waals surface area contributed by atoms with Crippen molar-refractivity contribution in [2.24, 2.45) is 0 Å². The predicted octanol–water partition coefficient (Wildman–Crippen LogP) is 26.9. The van der Waals surface area contributed by atoms with Crippen LogP contribution in [0.5, 0.6) is 0 Å². The van der Waals surface area contributed by atoms with Gasteiger partial charge in [0.1, 0.15) is 0 Å². The van der Waals surface area contributed by atoms with Gasteiger partial charge in [0, 0.05) is 12.8 Å². The topological polar surface area (TPSA) is 95.9 Å². The fourth-order valence-corrected chi connectivity index (χ4v) is 12.6. The van der Waals surface area contributed by atoms with E-state index in [0.29, 0.717) is 19.4 Å². The van der Waals surface area contributed by atoms with E-state index in [1.54, 1.807) is 6.08 Å². The molecule has 0 rings (SSSR count). The highest BCUT2D eigenvalue weighted by molar-refractivity contribution is 5.76. The molecule has 90 heavy (non-hydrogen) atoms. The molecule has 6 nitrogen and oxygen atoms in total. The van der Waals surface area contributed by atoms with Crippen molar-refractivity contribution in [1.29, 1.82) is 0 Å². The van der Waals surface area contributed by atoms with Crippen molar-refractivity contribution in [2.45, 2.75) is 450 Å². The monoisotopic (exact) mass is 1260 g/mol. The highest BCUT2D eigenvalue weighted by Gasteiger charge is 2.18. The number of rotatable bonds is 76. The van der Waals surface area contributed by atoms with Gasteiger partial charge in [-0.05, 0) is 96.3 Å². The summed E-state index contributed by atoms with van der Waals surface area (Å²) in [6.45, 7) is 4.91. The van der Waals surface area contributed by atoms with E-state index in [4.69, 9.17) is 4.74 Å². The fourth-order valence-electron chi connectivity index (χ4n) is 12.6. The van der Waals surface area contributed by atoms with Crippen LogP contribution in [0, 0.1) is 0 Å². The zero-order valence-corrected chi connectivity index (χ0v) is 60.6. The average molecular weight is 1260 g/mol.